The highest BCUT2D eigenvalue weighted by atomic mass is 79.9. The lowest BCUT2D eigenvalue weighted by Gasteiger charge is -2.15. The number of hydrogen-bond donors (Lipinski definition) is 2. The van der Waals surface area contributed by atoms with Gasteiger partial charge in [-0.05, 0) is 44.0 Å². The van der Waals surface area contributed by atoms with Crippen LogP contribution in [-0.2, 0) is 14.3 Å². The van der Waals surface area contributed by atoms with Crippen molar-refractivity contribution in [2.75, 3.05) is 32.1 Å². The Kier molecular flexibility index (Phi) is 6.07. The van der Waals surface area contributed by atoms with Crippen LogP contribution in [0.25, 0.3) is 0 Å². The fraction of sp³-hybridized carbons (Fsp3) is 0.286. The number of esters is 1. The van der Waals surface area contributed by atoms with Crippen molar-refractivity contribution in [1.82, 2.24) is 4.90 Å². The summed E-state index contributed by atoms with van der Waals surface area (Å²) in [6.07, 6.45) is 0. The third kappa shape index (κ3) is 3.88. The molecule has 0 bridgehead atoms. The number of aliphatic hydroxyl groups is 1. The predicted octanol–water partition coefficient (Wildman–Crippen LogP) is 2.54. The first-order valence-electron chi connectivity index (χ1n) is 6.52. The molecular formula is C14H13Br2ClN2O4. The third-order valence-corrected chi connectivity index (χ3v) is 5.32. The second-order valence-corrected chi connectivity index (χ2v) is 6.76. The van der Waals surface area contributed by atoms with Crippen LogP contribution in [0.15, 0.2) is 32.3 Å². The van der Waals surface area contributed by atoms with Gasteiger partial charge in [0.2, 0.25) is 0 Å². The van der Waals surface area contributed by atoms with E-state index in [4.69, 9.17) is 21.4 Å². The lowest BCUT2D eigenvalue weighted by atomic mass is 10.2. The van der Waals surface area contributed by atoms with Crippen molar-refractivity contribution < 1.29 is 19.4 Å². The summed E-state index contributed by atoms with van der Waals surface area (Å²) in [5.74, 6) is -0.963. The monoisotopic (exact) mass is 466 g/mol. The molecule has 2 N–H and O–H groups in total. The van der Waals surface area contributed by atoms with Gasteiger partial charge in [0.1, 0.15) is 5.70 Å². The minimum Gasteiger partial charge on any atom is -0.466 e. The highest BCUT2D eigenvalue weighted by Crippen LogP contribution is 2.34. The Balaban J connectivity index is 2.37. The van der Waals surface area contributed by atoms with Crippen molar-refractivity contribution in [1.29, 1.82) is 0 Å². The normalized spacial score (nSPS) is 14.5. The summed E-state index contributed by atoms with van der Waals surface area (Å²) >= 11 is 12.7. The van der Waals surface area contributed by atoms with Gasteiger partial charge in [-0.25, -0.2) is 4.79 Å². The van der Waals surface area contributed by atoms with Crippen LogP contribution in [0, 0.1) is 0 Å². The standard InChI is InChI=1S/C14H13Br2ClN2O4/c1-23-14(22)8-6-19(2-3-20)13(21)12(8)18-7-4-9(15)11(17)10(16)5-7/h4-5,18,20H,2-3,6H2,1H3. The number of β-amino-alcohol motifs (C(OH)–C–C–N with tert-alkyl or cyclic N) is 1. The highest BCUT2D eigenvalue weighted by Gasteiger charge is 2.34. The molecule has 0 saturated carbocycles. The van der Waals surface area contributed by atoms with Crippen LogP contribution in [0.3, 0.4) is 0 Å². The molecule has 0 atom stereocenters. The second kappa shape index (κ2) is 7.65. The average molecular weight is 469 g/mol. The number of benzene rings is 1. The summed E-state index contributed by atoms with van der Waals surface area (Å²) in [6.45, 7) is 0.0361. The Morgan fingerprint density at radius 3 is 2.57 bits per heavy atom. The molecule has 1 aliphatic heterocycles. The van der Waals surface area contributed by atoms with E-state index in [0.29, 0.717) is 19.7 Å². The van der Waals surface area contributed by atoms with Crippen LogP contribution in [-0.4, -0.2) is 48.7 Å². The number of ether oxygens (including phenoxy) is 1. The Hall–Kier alpha value is -1.09. The van der Waals surface area contributed by atoms with Crippen LogP contribution in [0.4, 0.5) is 5.69 Å². The molecule has 0 unspecified atom stereocenters. The molecule has 0 fully saturated rings. The fourth-order valence-corrected chi connectivity index (χ4v) is 3.42. The number of halogens is 3. The van der Waals surface area contributed by atoms with Crippen LogP contribution in [0.1, 0.15) is 0 Å². The lowest BCUT2D eigenvalue weighted by molar-refractivity contribution is -0.136. The molecule has 9 heteroatoms. The molecule has 0 radical (unpaired) electrons. The summed E-state index contributed by atoms with van der Waals surface area (Å²) in [5.41, 5.74) is 0.920. The lowest BCUT2D eigenvalue weighted by Crippen LogP contribution is -2.31. The molecule has 0 saturated heterocycles. The van der Waals surface area contributed by atoms with Gasteiger partial charge in [-0.15, -0.1) is 0 Å². The van der Waals surface area contributed by atoms with Crippen LogP contribution < -0.4 is 5.32 Å². The molecule has 1 aromatic carbocycles. The number of nitrogens with one attached hydrogen (secondary N) is 1. The highest BCUT2D eigenvalue weighted by molar-refractivity contribution is 9.11. The third-order valence-electron chi connectivity index (χ3n) is 3.21. The second-order valence-electron chi connectivity index (χ2n) is 4.67. The molecule has 23 heavy (non-hydrogen) atoms. The summed E-state index contributed by atoms with van der Waals surface area (Å²) in [4.78, 5) is 25.7. The Labute approximate surface area is 154 Å². The SMILES string of the molecule is COC(=O)C1=C(Nc2cc(Br)c(Cl)c(Br)c2)C(=O)N(CCO)C1. The van der Waals surface area contributed by atoms with E-state index in [0.717, 1.165) is 0 Å². The van der Waals surface area contributed by atoms with Gasteiger partial charge in [0, 0.05) is 21.2 Å². The fourth-order valence-electron chi connectivity index (χ4n) is 2.12. The molecule has 6 nitrogen and oxygen atoms in total. The van der Waals surface area contributed by atoms with E-state index in [-0.39, 0.29) is 36.9 Å². The number of rotatable bonds is 5. The van der Waals surface area contributed by atoms with Crippen molar-refractivity contribution in [2.45, 2.75) is 0 Å². The quantitative estimate of drug-likeness (QED) is 0.513. The first kappa shape index (κ1) is 18.3. The minimum atomic E-state index is -0.589. The number of carbonyl (C=O) groups is 2. The number of aliphatic hydroxyl groups excluding tert-OH is 1. The van der Waals surface area contributed by atoms with Gasteiger partial charge in [-0.1, -0.05) is 11.6 Å². The van der Waals surface area contributed by atoms with E-state index >= 15 is 0 Å². The molecule has 0 spiro atoms. The predicted molar refractivity (Wildman–Crippen MR) is 93.2 cm³/mol. The molecule has 1 amide bonds. The van der Waals surface area contributed by atoms with Crippen LogP contribution >= 0.6 is 43.5 Å². The van der Waals surface area contributed by atoms with Gasteiger partial charge in [-0.2, -0.15) is 0 Å². The minimum absolute atomic E-state index is 0.0876. The van der Waals surface area contributed by atoms with Crippen LogP contribution in [0.5, 0.6) is 0 Å². The largest absolute Gasteiger partial charge is 0.466 e. The summed E-state index contributed by atoms with van der Waals surface area (Å²) in [7, 11) is 1.25. The van der Waals surface area contributed by atoms with Crippen molar-refractivity contribution in [2.24, 2.45) is 0 Å². The van der Waals surface area contributed by atoms with Gasteiger partial charge in [0.15, 0.2) is 0 Å². The zero-order valence-corrected chi connectivity index (χ0v) is 16.0. The number of anilines is 1. The molecule has 1 heterocycles. The first-order chi connectivity index (χ1) is 10.9. The van der Waals surface area contributed by atoms with E-state index in [2.05, 4.69) is 37.2 Å². The van der Waals surface area contributed by atoms with Crippen molar-refractivity contribution in [3.8, 4) is 0 Å². The van der Waals surface area contributed by atoms with Crippen LogP contribution in [0.2, 0.25) is 5.02 Å². The van der Waals surface area contributed by atoms with Gasteiger partial charge < -0.3 is 20.1 Å². The van der Waals surface area contributed by atoms with Crippen molar-refractivity contribution in [3.05, 3.63) is 37.4 Å². The number of hydrogen-bond acceptors (Lipinski definition) is 5. The zero-order chi connectivity index (χ0) is 17.1. The molecular weight excluding hydrogens is 455 g/mol. The average Bonchev–Trinajstić information content (AvgIpc) is 2.81. The summed E-state index contributed by atoms with van der Waals surface area (Å²) in [5, 5.41) is 12.5. The van der Waals surface area contributed by atoms with Gasteiger partial charge in [-0.3, -0.25) is 4.79 Å². The maximum atomic E-state index is 12.4. The Morgan fingerprint density at radius 1 is 1.43 bits per heavy atom. The molecule has 124 valence electrons. The van der Waals surface area contributed by atoms with E-state index in [1.54, 1.807) is 12.1 Å². The number of amides is 1. The summed E-state index contributed by atoms with van der Waals surface area (Å²) in [6, 6.07) is 3.38. The van der Waals surface area contributed by atoms with Gasteiger partial charge in [0.05, 0.1) is 30.9 Å². The van der Waals surface area contributed by atoms with E-state index in [1.807, 2.05) is 0 Å². The topological polar surface area (TPSA) is 78.9 Å². The molecule has 0 aliphatic carbocycles. The van der Waals surface area contributed by atoms with E-state index in [1.165, 1.54) is 12.0 Å². The van der Waals surface area contributed by atoms with Gasteiger partial charge >= 0.3 is 5.97 Å². The Morgan fingerprint density at radius 2 is 2.04 bits per heavy atom. The molecule has 0 aromatic heterocycles. The maximum Gasteiger partial charge on any atom is 0.337 e. The van der Waals surface area contributed by atoms with Crippen molar-refractivity contribution >= 4 is 61.0 Å². The molecule has 1 aromatic rings. The number of methoxy groups -OCH3 is 1. The molecule has 2 rings (SSSR count). The zero-order valence-electron chi connectivity index (χ0n) is 12.0. The number of nitrogens with zero attached hydrogens (tertiary/aromatic N) is 1. The maximum absolute atomic E-state index is 12.4. The van der Waals surface area contributed by atoms with Crippen molar-refractivity contribution in [3.63, 3.8) is 0 Å². The summed E-state index contributed by atoms with van der Waals surface area (Å²) < 4.78 is 5.99. The first-order valence-corrected chi connectivity index (χ1v) is 8.48. The number of carbonyl (C=O) groups excluding carboxylic acids is 2. The van der Waals surface area contributed by atoms with Gasteiger partial charge in [0.25, 0.3) is 5.91 Å². The smallest absolute Gasteiger partial charge is 0.337 e. The molecule has 1 aliphatic rings. The Bertz CT molecular complexity index is 670. The van der Waals surface area contributed by atoms with E-state index < -0.39 is 5.97 Å². The van der Waals surface area contributed by atoms with E-state index in [9.17, 15) is 9.59 Å².